The molecule has 0 spiro atoms. The number of aliphatic hydroxyl groups is 1. The van der Waals surface area contributed by atoms with E-state index < -0.39 is 0 Å². The summed E-state index contributed by atoms with van der Waals surface area (Å²) >= 11 is 9.36. The summed E-state index contributed by atoms with van der Waals surface area (Å²) in [5.41, 5.74) is 0. The van der Waals surface area contributed by atoms with Crippen LogP contribution in [0.5, 0.6) is 0 Å². The Kier molecular flexibility index (Phi) is 4.24. The molecule has 2 atom stereocenters. The van der Waals surface area contributed by atoms with Crippen LogP contribution in [0.4, 0.5) is 0 Å². The average Bonchev–Trinajstić information content (AvgIpc) is 2.95. The van der Waals surface area contributed by atoms with E-state index in [1.165, 1.54) is 9.75 Å². The number of hydrogen-bond acceptors (Lipinski definition) is 4. The lowest BCUT2D eigenvalue weighted by Crippen LogP contribution is -2.31. The molecule has 0 radical (unpaired) electrons. The van der Waals surface area contributed by atoms with Gasteiger partial charge in [0, 0.05) is 16.3 Å². The van der Waals surface area contributed by atoms with E-state index in [9.17, 15) is 5.11 Å². The minimum absolute atomic E-state index is 0.144. The van der Waals surface area contributed by atoms with Crippen LogP contribution in [0.25, 0.3) is 0 Å². The second kappa shape index (κ2) is 5.94. The second-order valence-electron chi connectivity index (χ2n) is 4.90. The van der Waals surface area contributed by atoms with Crippen LogP contribution >= 0.6 is 34.3 Å². The van der Waals surface area contributed by atoms with Crippen molar-refractivity contribution in [2.75, 3.05) is 6.54 Å². The maximum atomic E-state index is 10.0. The van der Waals surface area contributed by atoms with Crippen LogP contribution in [0.2, 0.25) is 4.34 Å². The third kappa shape index (κ3) is 3.38. The number of rotatable bonds is 6. The van der Waals surface area contributed by atoms with E-state index >= 15 is 0 Å². The summed E-state index contributed by atoms with van der Waals surface area (Å²) in [4.78, 5) is 2.47. The molecule has 102 valence electrons. The average molecular weight is 314 g/mol. The van der Waals surface area contributed by atoms with E-state index in [1.54, 1.807) is 22.7 Å². The van der Waals surface area contributed by atoms with Crippen LogP contribution in [0, 0.1) is 5.92 Å². The van der Waals surface area contributed by atoms with Gasteiger partial charge >= 0.3 is 0 Å². The highest BCUT2D eigenvalue weighted by molar-refractivity contribution is 7.16. The van der Waals surface area contributed by atoms with Crippen molar-refractivity contribution in [3.8, 4) is 0 Å². The molecular weight excluding hydrogens is 298 g/mol. The van der Waals surface area contributed by atoms with E-state index in [2.05, 4.69) is 28.9 Å². The molecular formula is C14H16ClNOS2. The maximum Gasteiger partial charge on any atom is 0.0931 e. The van der Waals surface area contributed by atoms with Crippen LogP contribution < -0.4 is 5.32 Å². The largest absolute Gasteiger partial charge is 0.392 e. The third-order valence-electron chi connectivity index (χ3n) is 3.40. The first kappa shape index (κ1) is 13.6. The molecule has 19 heavy (non-hydrogen) atoms. The number of nitrogens with one attached hydrogen (secondary N) is 1. The standard InChI is InChI=1S/C14H16ClNOS2/c15-13-6-5-12(19-13)14(11-2-1-7-18-11)16-8-10(17)9-3-4-9/h1-2,5-7,9-10,14,16-17H,3-4,8H2. The SMILES string of the molecule is OC(CNC(c1cccs1)c1ccc(Cl)s1)C1CC1. The maximum absolute atomic E-state index is 10.0. The fourth-order valence-electron chi connectivity index (χ4n) is 2.17. The van der Waals surface area contributed by atoms with Gasteiger partial charge in [0.1, 0.15) is 0 Å². The van der Waals surface area contributed by atoms with Crippen LogP contribution in [0.15, 0.2) is 29.6 Å². The lowest BCUT2D eigenvalue weighted by Gasteiger charge is -2.18. The minimum Gasteiger partial charge on any atom is -0.392 e. The first-order valence-corrected chi connectivity index (χ1v) is 8.51. The van der Waals surface area contributed by atoms with Crippen LogP contribution in [0.3, 0.4) is 0 Å². The molecule has 2 nitrogen and oxygen atoms in total. The second-order valence-corrected chi connectivity index (χ2v) is 7.63. The van der Waals surface area contributed by atoms with E-state index in [4.69, 9.17) is 11.6 Å². The van der Waals surface area contributed by atoms with E-state index in [1.807, 2.05) is 6.07 Å². The molecule has 2 unspecified atom stereocenters. The number of hydrogen-bond donors (Lipinski definition) is 2. The normalized spacial score (nSPS) is 18.4. The molecule has 1 fully saturated rings. The predicted molar refractivity (Wildman–Crippen MR) is 82.2 cm³/mol. The topological polar surface area (TPSA) is 32.3 Å². The van der Waals surface area contributed by atoms with E-state index in [0.29, 0.717) is 12.5 Å². The minimum atomic E-state index is -0.224. The molecule has 2 aromatic heterocycles. The number of thiophene rings is 2. The van der Waals surface area contributed by atoms with Gasteiger partial charge in [0.25, 0.3) is 0 Å². The molecule has 0 aromatic carbocycles. The highest BCUT2D eigenvalue weighted by Gasteiger charge is 2.30. The number of halogens is 1. The molecule has 0 bridgehead atoms. The molecule has 1 aliphatic carbocycles. The van der Waals surface area contributed by atoms with Gasteiger partial charge in [-0.05, 0) is 42.3 Å². The van der Waals surface area contributed by atoms with Crippen molar-refractivity contribution in [2.45, 2.75) is 25.0 Å². The summed E-state index contributed by atoms with van der Waals surface area (Å²) in [7, 11) is 0. The molecule has 0 aliphatic heterocycles. The van der Waals surface area contributed by atoms with Crippen molar-refractivity contribution in [2.24, 2.45) is 5.92 Å². The lowest BCUT2D eigenvalue weighted by atomic mass is 10.1. The van der Waals surface area contributed by atoms with Crippen LogP contribution in [-0.2, 0) is 0 Å². The van der Waals surface area contributed by atoms with E-state index in [-0.39, 0.29) is 12.1 Å². The Morgan fingerprint density at radius 1 is 1.32 bits per heavy atom. The summed E-state index contributed by atoms with van der Waals surface area (Å²) in [5.74, 6) is 0.503. The Morgan fingerprint density at radius 2 is 2.16 bits per heavy atom. The van der Waals surface area contributed by atoms with Gasteiger partial charge in [-0.2, -0.15) is 0 Å². The highest BCUT2D eigenvalue weighted by atomic mass is 35.5. The molecule has 1 saturated carbocycles. The Balaban J connectivity index is 1.72. The van der Waals surface area contributed by atoms with Crippen molar-refractivity contribution < 1.29 is 5.11 Å². The Labute approximate surface area is 126 Å². The zero-order chi connectivity index (χ0) is 13.2. The lowest BCUT2D eigenvalue weighted by molar-refractivity contribution is 0.146. The highest BCUT2D eigenvalue weighted by Crippen LogP contribution is 2.35. The van der Waals surface area contributed by atoms with Crippen molar-refractivity contribution in [1.29, 1.82) is 0 Å². The van der Waals surface area contributed by atoms with Gasteiger partial charge in [-0.25, -0.2) is 0 Å². The van der Waals surface area contributed by atoms with Gasteiger partial charge in [-0.1, -0.05) is 17.7 Å². The molecule has 5 heteroatoms. The fourth-order valence-corrected chi connectivity index (χ4v) is 4.21. The Bertz CT molecular complexity index is 521. The summed E-state index contributed by atoms with van der Waals surface area (Å²) in [5, 5.41) is 15.6. The van der Waals surface area contributed by atoms with Gasteiger partial charge in [-0.15, -0.1) is 22.7 Å². The zero-order valence-electron chi connectivity index (χ0n) is 10.4. The zero-order valence-corrected chi connectivity index (χ0v) is 12.8. The van der Waals surface area contributed by atoms with Gasteiger partial charge in [-0.3, -0.25) is 0 Å². The summed E-state index contributed by atoms with van der Waals surface area (Å²) in [6.07, 6.45) is 2.10. The first-order valence-electron chi connectivity index (χ1n) is 6.44. The molecule has 1 aliphatic rings. The molecule has 3 rings (SSSR count). The third-order valence-corrected chi connectivity index (χ3v) is 5.64. The van der Waals surface area contributed by atoms with Crippen molar-refractivity contribution >= 4 is 34.3 Å². The first-order chi connectivity index (χ1) is 9.24. The molecule has 2 heterocycles. The van der Waals surface area contributed by atoms with E-state index in [0.717, 1.165) is 17.2 Å². The van der Waals surface area contributed by atoms with Crippen LogP contribution in [0.1, 0.15) is 28.6 Å². The molecule has 0 amide bonds. The Morgan fingerprint density at radius 3 is 2.74 bits per heavy atom. The molecule has 2 N–H and O–H groups in total. The molecule has 2 aromatic rings. The van der Waals surface area contributed by atoms with Crippen molar-refractivity contribution in [1.82, 2.24) is 5.32 Å². The summed E-state index contributed by atoms with van der Waals surface area (Å²) in [6, 6.07) is 8.32. The van der Waals surface area contributed by atoms with Crippen molar-refractivity contribution in [3.63, 3.8) is 0 Å². The monoisotopic (exact) mass is 313 g/mol. The van der Waals surface area contributed by atoms with Crippen molar-refractivity contribution in [3.05, 3.63) is 43.7 Å². The van der Waals surface area contributed by atoms with Gasteiger partial charge in [0.2, 0.25) is 0 Å². The molecule has 0 saturated heterocycles. The summed E-state index contributed by atoms with van der Waals surface area (Å²) in [6.45, 7) is 0.642. The quantitative estimate of drug-likeness (QED) is 0.847. The predicted octanol–water partition coefficient (Wildman–Crippen LogP) is 3.91. The fraction of sp³-hybridized carbons (Fsp3) is 0.429. The summed E-state index contributed by atoms with van der Waals surface area (Å²) < 4.78 is 0.807. The van der Waals surface area contributed by atoms with Crippen LogP contribution in [-0.4, -0.2) is 17.8 Å². The number of aliphatic hydroxyl groups excluding tert-OH is 1. The van der Waals surface area contributed by atoms with Gasteiger partial charge in [0.05, 0.1) is 16.5 Å². The smallest absolute Gasteiger partial charge is 0.0931 e. The van der Waals surface area contributed by atoms with Gasteiger partial charge in [0.15, 0.2) is 0 Å². The Hall–Kier alpha value is -0.390. The van der Waals surface area contributed by atoms with Gasteiger partial charge < -0.3 is 10.4 Å².